The van der Waals surface area contributed by atoms with Gasteiger partial charge in [0.2, 0.25) is 15.9 Å². The highest BCUT2D eigenvalue weighted by Crippen LogP contribution is 2.17. The second kappa shape index (κ2) is 4.10. The molecule has 0 aromatic carbocycles. The highest BCUT2D eigenvalue weighted by molar-refractivity contribution is 7.88. The van der Waals surface area contributed by atoms with Crippen molar-refractivity contribution < 1.29 is 13.2 Å². The summed E-state index contributed by atoms with van der Waals surface area (Å²) in [5.41, 5.74) is 0. The van der Waals surface area contributed by atoms with Gasteiger partial charge in [-0.25, -0.2) is 12.7 Å². The average molecular weight is 218 g/mol. The molecule has 1 fully saturated rings. The molecule has 0 atom stereocenters. The lowest BCUT2D eigenvalue weighted by molar-refractivity contribution is -0.116. The largest absolute Gasteiger partial charge is 0.352 e. The van der Waals surface area contributed by atoms with E-state index in [0.717, 1.165) is 0 Å². The van der Waals surface area contributed by atoms with Gasteiger partial charge in [-0.2, -0.15) is 0 Å². The molecular weight excluding hydrogens is 204 g/mol. The predicted molar refractivity (Wildman–Crippen MR) is 53.1 cm³/mol. The van der Waals surface area contributed by atoms with Crippen molar-refractivity contribution in [1.82, 2.24) is 9.62 Å². The molecule has 0 unspecified atom stereocenters. The fourth-order valence-electron chi connectivity index (χ4n) is 1.24. The van der Waals surface area contributed by atoms with Gasteiger partial charge in [0.05, 0.1) is 6.26 Å². The third kappa shape index (κ3) is 2.81. The van der Waals surface area contributed by atoms with Crippen molar-refractivity contribution in [3.63, 3.8) is 0 Å². The van der Waals surface area contributed by atoms with E-state index in [0.29, 0.717) is 19.6 Å². The highest BCUT2D eigenvalue weighted by Gasteiger charge is 2.32. The number of amides is 1. The van der Waals surface area contributed by atoms with Crippen LogP contribution in [0.3, 0.4) is 0 Å². The Hall–Kier alpha value is -0.880. The van der Waals surface area contributed by atoms with E-state index in [1.807, 2.05) is 0 Å². The van der Waals surface area contributed by atoms with Crippen molar-refractivity contribution in [3.05, 3.63) is 12.7 Å². The standard InChI is InChI=1S/C8H14N2O3S/c1-3-8(11)9-4-7-5-10(6-7)14(2,12)13/h3,7H,1,4-6H2,2H3,(H,9,11). The molecule has 0 aliphatic carbocycles. The minimum absolute atomic E-state index is 0.220. The SMILES string of the molecule is C=CC(=O)NCC1CN(S(C)(=O)=O)C1. The van der Waals surface area contributed by atoms with Gasteiger partial charge in [-0.3, -0.25) is 4.79 Å². The Bertz CT molecular complexity index is 330. The van der Waals surface area contributed by atoms with E-state index in [9.17, 15) is 13.2 Å². The normalized spacial score (nSPS) is 18.6. The van der Waals surface area contributed by atoms with Gasteiger partial charge in [0.25, 0.3) is 0 Å². The van der Waals surface area contributed by atoms with E-state index in [-0.39, 0.29) is 11.8 Å². The van der Waals surface area contributed by atoms with Crippen molar-refractivity contribution in [2.75, 3.05) is 25.9 Å². The molecular formula is C8H14N2O3S. The Morgan fingerprint density at radius 1 is 1.64 bits per heavy atom. The average Bonchev–Trinajstić information content (AvgIpc) is 1.98. The molecule has 5 nitrogen and oxygen atoms in total. The topological polar surface area (TPSA) is 66.5 Å². The van der Waals surface area contributed by atoms with E-state index in [2.05, 4.69) is 11.9 Å². The number of nitrogens with one attached hydrogen (secondary N) is 1. The molecule has 1 aliphatic rings. The molecule has 0 saturated carbocycles. The van der Waals surface area contributed by atoms with Crippen molar-refractivity contribution in [1.29, 1.82) is 0 Å². The summed E-state index contributed by atoms with van der Waals surface area (Å²) >= 11 is 0. The molecule has 0 aromatic heterocycles. The smallest absolute Gasteiger partial charge is 0.243 e. The molecule has 80 valence electrons. The molecule has 1 aliphatic heterocycles. The van der Waals surface area contributed by atoms with E-state index in [1.54, 1.807) is 0 Å². The van der Waals surface area contributed by atoms with Crippen LogP contribution in [-0.2, 0) is 14.8 Å². The van der Waals surface area contributed by atoms with Crippen LogP contribution in [0.2, 0.25) is 0 Å². The van der Waals surface area contributed by atoms with Gasteiger partial charge in [0.1, 0.15) is 0 Å². The molecule has 1 rings (SSSR count). The number of hydrogen-bond donors (Lipinski definition) is 1. The summed E-state index contributed by atoms with van der Waals surface area (Å²) in [6, 6.07) is 0. The Balaban J connectivity index is 2.23. The van der Waals surface area contributed by atoms with Crippen LogP contribution in [0, 0.1) is 5.92 Å². The number of nitrogens with zero attached hydrogens (tertiary/aromatic N) is 1. The molecule has 0 aromatic rings. The Morgan fingerprint density at radius 3 is 2.64 bits per heavy atom. The first-order valence-corrected chi connectivity index (χ1v) is 6.13. The van der Waals surface area contributed by atoms with E-state index < -0.39 is 10.0 Å². The third-order valence-corrected chi connectivity index (χ3v) is 3.38. The summed E-state index contributed by atoms with van der Waals surface area (Å²) in [6.07, 6.45) is 2.39. The maximum Gasteiger partial charge on any atom is 0.243 e. The molecule has 1 saturated heterocycles. The zero-order chi connectivity index (χ0) is 10.8. The van der Waals surface area contributed by atoms with Crippen LogP contribution in [0.5, 0.6) is 0 Å². The Kier molecular flexibility index (Phi) is 3.28. The maximum absolute atomic E-state index is 11.0. The first-order valence-electron chi connectivity index (χ1n) is 4.29. The Labute approximate surface area is 83.8 Å². The molecule has 6 heteroatoms. The number of carbonyl (C=O) groups excluding carboxylic acids is 1. The van der Waals surface area contributed by atoms with Crippen LogP contribution in [0.1, 0.15) is 0 Å². The van der Waals surface area contributed by atoms with Gasteiger partial charge in [0, 0.05) is 25.6 Å². The zero-order valence-electron chi connectivity index (χ0n) is 8.06. The van der Waals surface area contributed by atoms with Gasteiger partial charge in [-0.1, -0.05) is 6.58 Å². The minimum atomic E-state index is -3.04. The summed E-state index contributed by atoms with van der Waals surface area (Å²) in [7, 11) is -3.04. The lowest BCUT2D eigenvalue weighted by atomic mass is 10.0. The molecule has 0 spiro atoms. The van der Waals surface area contributed by atoms with Crippen LogP contribution in [-0.4, -0.2) is 44.5 Å². The van der Waals surface area contributed by atoms with Crippen LogP contribution < -0.4 is 5.32 Å². The lowest BCUT2D eigenvalue weighted by Crippen LogP contribution is -2.53. The van der Waals surface area contributed by atoms with Crippen LogP contribution in [0.15, 0.2) is 12.7 Å². The van der Waals surface area contributed by atoms with Crippen molar-refractivity contribution in [2.24, 2.45) is 5.92 Å². The maximum atomic E-state index is 11.0. The number of hydrogen-bond acceptors (Lipinski definition) is 3. The van der Waals surface area contributed by atoms with Crippen molar-refractivity contribution >= 4 is 15.9 Å². The van der Waals surface area contributed by atoms with Gasteiger partial charge in [0.15, 0.2) is 0 Å². The molecule has 1 N–H and O–H groups in total. The van der Waals surface area contributed by atoms with Crippen LogP contribution in [0.4, 0.5) is 0 Å². The molecule has 1 heterocycles. The van der Waals surface area contributed by atoms with E-state index in [4.69, 9.17) is 0 Å². The van der Waals surface area contributed by atoms with Gasteiger partial charge in [-0.15, -0.1) is 0 Å². The Morgan fingerprint density at radius 2 is 2.21 bits per heavy atom. The van der Waals surface area contributed by atoms with Crippen LogP contribution in [0.25, 0.3) is 0 Å². The third-order valence-electron chi connectivity index (χ3n) is 2.14. The molecule has 1 amide bonds. The summed E-state index contributed by atoms with van der Waals surface area (Å²) < 4.78 is 23.3. The summed E-state index contributed by atoms with van der Waals surface area (Å²) in [4.78, 5) is 10.8. The molecule has 0 radical (unpaired) electrons. The predicted octanol–water partition coefficient (Wildman–Crippen LogP) is -0.820. The second-order valence-corrected chi connectivity index (χ2v) is 5.38. The fourth-order valence-corrected chi connectivity index (χ4v) is 2.20. The van der Waals surface area contributed by atoms with Gasteiger partial charge < -0.3 is 5.32 Å². The van der Waals surface area contributed by atoms with Crippen molar-refractivity contribution in [2.45, 2.75) is 0 Å². The van der Waals surface area contributed by atoms with E-state index in [1.165, 1.54) is 16.6 Å². The first kappa shape index (κ1) is 11.2. The lowest BCUT2D eigenvalue weighted by Gasteiger charge is -2.37. The monoisotopic (exact) mass is 218 g/mol. The second-order valence-electron chi connectivity index (χ2n) is 3.40. The first-order chi connectivity index (χ1) is 6.43. The highest BCUT2D eigenvalue weighted by atomic mass is 32.2. The summed E-state index contributed by atoms with van der Waals surface area (Å²) in [5.74, 6) is 0.0106. The summed E-state index contributed by atoms with van der Waals surface area (Å²) in [6.45, 7) is 4.82. The quantitative estimate of drug-likeness (QED) is 0.627. The summed E-state index contributed by atoms with van der Waals surface area (Å²) in [5, 5.41) is 2.63. The minimum Gasteiger partial charge on any atom is -0.352 e. The molecule has 14 heavy (non-hydrogen) atoms. The molecule has 0 bridgehead atoms. The number of carbonyl (C=O) groups is 1. The van der Waals surface area contributed by atoms with Crippen molar-refractivity contribution in [3.8, 4) is 0 Å². The van der Waals surface area contributed by atoms with Gasteiger partial charge in [-0.05, 0) is 6.08 Å². The van der Waals surface area contributed by atoms with Gasteiger partial charge >= 0.3 is 0 Å². The van der Waals surface area contributed by atoms with E-state index >= 15 is 0 Å². The number of sulfonamides is 1. The fraction of sp³-hybridized carbons (Fsp3) is 0.625. The number of rotatable bonds is 4. The zero-order valence-corrected chi connectivity index (χ0v) is 8.88. The van der Waals surface area contributed by atoms with Crippen LogP contribution >= 0.6 is 0 Å².